The average molecular weight is 478 g/mol. The molecule has 0 amide bonds. The summed E-state index contributed by atoms with van der Waals surface area (Å²) in [5, 5.41) is 4.19. The minimum atomic E-state index is -0.458. The van der Waals surface area contributed by atoms with Crippen LogP contribution in [0.1, 0.15) is 28.8 Å². The van der Waals surface area contributed by atoms with Gasteiger partial charge in [0.15, 0.2) is 0 Å². The molecule has 2 aromatic carbocycles. The van der Waals surface area contributed by atoms with Crippen molar-refractivity contribution in [2.24, 2.45) is 5.11 Å². The number of ether oxygens (including phenoxy) is 4. The summed E-state index contributed by atoms with van der Waals surface area (Å²) in [5.74, 6) is 0.520. The first-order valence-corrected chi connectivity index (χ1v) is 11.4. The van der Waals surface area contributed by atoms with Crippen LogP contribution in [0.4, 0.5) is 0 Å². The zero-order chi connectivity index (χ0) is 21.6. The van der Waals surface area contributed by atoms with Crippen molar-refractivity contribution in [3.63, 3.8) is 0 Å². The number of nitrogens with zero attached hydrogens (tertiary/aromatic N) is 3. The molecule has 0 spiro atoms. The van der Waals surface area contributed by atoms with Crippen LogP contribution in [0.15, 0.2) is 47.6 Å². The standard InChI is InChI=1S/C21H25N3O5Se/c1-26-15-29-19-13-17(28-11-7-6-10-23-24-22)12-16(20(19)21(25)27-2)14-30-18-8-4-3-5-9-18/h3-5,8-9,12-13H,6-7,10-11,14-15H2,1-2H3. The van der Waals surface area contributed by atoms with E-state index in [2.05, 4.69) is 22.2 Å². The number of methoxy groups -OCH3 is 2. The van der Waals surface area contributed by atoms with Gasteiger partial charge in [-0.2, -0.15) is 0 Å². The fourth-order valence-electron chi connectivity index (χ4n) is 2.61. The molecule has 0 aromatic heterocycles. The number of rotatable bonds is 13. The second kappa shape index (κ2) is 13.5. The summed E-state index contributed by atoms with van der Waals surface area (Å²) in [6.07, 6.45) is 1.48. The van der Waals surface area contributed by atoms with Gasteiger partial charge in [0.1, 0.15) is 0 Å². The average Bonchev–Trinajstić information content (AvgIpc) is 2.78. The van der Waals surface area contributed by atoms with Gasteiger partial charge in [0, 0.05) is 0 Å². The summed E-state index contributed by atoms with van der Waals surface area (Å²) in [5.41, 5.74) is 9.52. The number of hydrogen-bond acceptors (Lipinski definition) is 6. The number of esters is 1. The Morgan fingerprint density at radius 1 is 1.13 bits per heavy atom. The third-order valence-electron chi connectivity index (χ3n) is 4.00. The molecule has 0 unspecified atom stereocenters. The number of carbonyl (C=O) groups is 1. The summed E-state index contributed by atoms with van der Waals surface area (Å²) in [4.78, 5) is 15.2. The molecule has 9 heteroatoms. The van der Waals surface area contributed by atoms with Gasteiger partial charge in [0.25, 0.3) is 0 Å². The molecule has 160 valence electrons. The van der Waals surface area contributed by atoms with E-state index in [0.29, 0.717) is 35.5 Å². The Morgan fingerprint density at radius 2 is 1.93 bits per heavy atom. The van der Waals surface area contributed by atoms with Crippen molar-refractivity contribution >= 4 is 25.4 Å². The topological polar surface area (TPSA) is 103 Å². The fourth-order valence-corrected chi connectivity index (χ4v) is 4.50. The molecule has 8 nitrogen and oxygen atoms in total. The van der Waals surface area contributed by atoms with Crippen LogP contribution >= 0.6 is 0 Å². The molecule has 0 aliphatic rings. The maximum absolute atomic E-state index is 12.5. The van der Waals surface area contributed by atoms with E-state index in [1.54, 1.807) is 6.07 Å². The summed E-state index contributed by atoms with van der Waals surface area (Å²) in [7, 11) is 2.87. The number of hydrogen-bond donors (Lipinski definition) is 0. The Labute approximate surface area is 182 Å². The van der Waals surface area contributed by atoms with Crippen LogP contribution in [0.2, 0.25) is 0 Å². The van der Waals surface area contributed by atoms with Gasteiger partial charge in [-0.25, -0.2) is 0 Å². The Kier molecular flexibility index (Phi) is 10.6. The monoisotopic (exact) mass is 479 g/mol. The Bertz CT molecular complexity index is 857. The molecule has 0 radical (unpaired) electrons. The zero-order valence-electron chi connectivity index (χ0n) is 17.1. The molecule has 0 atom stereocenters. The number of azide groups is 1. The van der Waals surface area contributed by atoms with E-state index in [1.807, 2.05) is 24.3 Å². The molecule has 0 aliphatic carbocycles. The summed E-state index contributed by atoms with van der Waals surface area (Å²) in [6, 6.07) is 13.7. The number of benzene rings is 2. The molecule has 2 rings (SSSR count). The SMILES string of the molecule is COCOc1cc(OCCCCN=[N+]=[N-])cc(C[Se]c2ccccc2)c1C(=O)OC. The van der Waals surface area contributed by atoms with Gasteiger partial charge >= 0.3 is 177 Å². The van der Waals surface area contributed by atoms with Gasteiger partial charge in [0.05, 0.1) is 0 Å². The molecule has 30 heavy (non-hydrogen) atoms. The predicted octanol–water partition coefficient (Wildman–Crippen LogP) is 3.45. The van der Waals surface area contributed by atoms with Crippen LogP contribution in [-0.2, 0) is 14.8 Å². The van der Waals surface area contributed by atoms with Crippen molar-refractivity contribution < 1.29 is 23.7 Å². The molecule has 0 saturated carbocycles. The summed E-state index contributed by atoms with van der Waals surface area (Å²) < 4.78 is 22.7. The van der Waals surface area contributed by atoms with E-state index in [4.69, 9.17) is 24.5 Å². The molecule has 0 N–H and O–H groups in total. The van der Waals surface area contributed by atoms with Crippen molar-refractivity contribution in [3.8, 4) is 11.5 Å². The van der Waals surface area contributed by atoms with Gasteiger partial charge in [0.2, 0.25) is 0 Å². The van der Waals surface area contributed by atoms with Crippen LogP contribution in [0.3, 0.4) is 0 Å². The van der Waals surface area contributed by atoms with Crippen molar-refractivity contribution in [1.29, 1.82) is 0 Å². The predicted molar refractivity (Wildman–Crippen MR) is 115 cm³/mol. The van der Waals surface area contributed by atoms with Gasteiger partial charge in [-0.05, 0) is 0 Å². The molecular weight excluding hydrogens is 453 g/mol. The van der Waals surface area contributed by atoms with Crippen LogP contribution in [0.5, 0.6) is 11.5 Å². The van der Waals surface area contributed by atoms with E-state index >= 15 is 0 Å². The van der Waals surface area contributed by atoms with Gasteiger partial charge in [-0.1, -0.05) is 0 Å². The van der Waals surface area contributed by atoms with Gasteiger partial charge in [-0.15, -0.1) is 0 Å². The van der Waals surface area contributed by atoms with Crippen LogP contribution < -0.4 is 13.9 Å². The third kappa shape index (κ3) is 7.61. The first-order chi connectivity index (χ1) is 14.7. The van der Waals surface area contributed by atoms with Crippen LogP contribution in [-0.4, -0.2) is 55.1 Å². The fraction of sp³-hybridized carbons (Fsp3) is 0.381. The first kappa shape index (κ1) is 23.6. The molecule has 0 heterocycles. The quantitative estimate of drug-likeness (QED) is 0.0835. The Hall–Kier alpha value is -2.70. The minimum absolute atomic E-state index is 0.00286. The second-order valence-electron chi connectivity index (χ2n) is 6.11. The van der Waals surface area contributed by atoms with Gasteiger partial charge < -0.3 is 5.53 Å². The molecule has 2 aromatic rings. The Morgan fingerprint density at radius 3 is 2.63 bits per heavy atom. The van der Waals surface area contributed by atoms with Crippen LogP contribution in [0.25, 0.3) is 10.4 Å². The maximum atomic E-state index is 12.5. The first-order valence-electron chi connectivity index (χ1n) is 9.38. The number of carbonyl (C=O) groups excluding carboxylic acids is 1. The molecule has 0 aliphatic heterocycles. The van der Waals surface area contributed by atoms with E-state index in [1.165, 1.54) is 18.7 Å². The third-order valence-corrected chi connectivity index (χ3v) is 6.23. The van der Waals surface area contributed by atoms with Crippen molar-refractivity contribution in [2.75, 3.05) is 34.2 Å². The number of unbranched alkanes of at least 4 members (excludes halogenated alkanes) is 1. The van der Waals surface area contributed by atoms with Gasteiger partial charge in [-0.3, -0.25) is 0 Å². The molecule has 0 saturated heterocycles. The van der Waals surface area contributed by atoms with E-state index in [9.17, 15) is 4.79 Å². The van der Waals surface area contributed by atoms with Crippen molar-refractivity contribution in [2.45, 2.75) is 18.2 Å². The summed E-state index contributed by atoms with van der Waals surface area (Å²) >= 11 is 0.122. The normalized spacial score (nSPS) is 10.2. The van der Waals surface area contributed by atoms with E-state index in [0.717, 1.165) is 18.4 Å². The molecule has 0 fully saturated rings. The van der Waals surface area contributed by atoms with Crippen LogP contribution in [0, 0.1) is 0 Å². The molecular formula is C21H25N3O5Se. The summed E-state index contributed by atoms with van der Waals surface area (Å²) in [6.45, 7) is 0.905. The van der Waals surface area contributed by atoms with Crippen molar-refractivity contribution in [1.82, 2.24) is 0 Å². The molecule has 0 bridgehead atoms. The van der Waals surface area contributed by atoms with Crippen molar-refractivity contribution in [3.05, 3.63) is 64.0 Å². The zero-order valence-corrected chi connectivity index (χ0v) is 18.8. The Balaban J connectivity index is 2.23. The second-order valence-corrected chi connectivity index (χ2v) is 8.31. The van der Waals surface area contributed by atoms with E-state index in [-0.39, 0.29) is 21.7 Å². The van der Waals surface area contributed by atoms with E-state index < -0.39 is 5.97 Å².